The highest BCUT2D eigenvalue weighted by Gasteiger charge is 2.00. The van der Waals surface area contributed by atoms with Crippen LogP contribution in [0.3, 0.4) is 0 Å². The van der Waals surface area contributed by atoms with Crippen molar-refractivity contribution in [3.8, 4) is 5.75 Å². The quantitative estimate of drug-likeness (QED) is 0.430. The first kappa shape index (κ1) is 16.8. The molecule has 1 rings (SSSR count). The van der Waals surface area contributed by atoms with Crippen molar-refractivity contribution < 1.29 is 24.2 Å². The summed E-state index contributed by atoms with van der Waals surface area (Å²) in [5.41, 5.74) is 0.736. The highest BCUT2D eigenvalue weighted by Crippen LogP contribution is 2.19. The third kappa shape index (κ3) is 7.77. The minimum Gasteiger partial charge on any atom is -0.493 e. The summed E-state index contributed by atoms with van der Waals surface area (Å²) in [6.07, 6.45) is 5.15. The van der Waals surface area contributed by atoms with E-state index in [-0.39, 0.29) is 5.97 Å². The second-order valence-electron chi connectivity index (χ2n) is 4.46. The van der Waals surface area contributed by atoms with E-state index in [9.17, 15) is 9.59 Å². The van der Waals surface area contributed by atoms with Crippen molar-refractivity contribution >= 4 is 18.0 Å². The van der Waals surface area contributed by atoms with Gasteiger partial charge in [0.05, 0.1) is 13.2 Å². The maximum atomic E-state index is 10.6. The molecule has 0 heterocycles. The first-order chi connectivity index (χ1) is 10.1. The minimum absolute atomic E-state index is 0.259. The van der Waals surface area contributed by atoms with Crippen LogP contribution in [0.4, 0.5) is 0 Å². The molecule has 5 heteroatoms. The lowest BCUT2D eigenvalue weighted by atomic mass is 10.2. The largest absolute Gasteiger partial charge is 0.493 e. The smallest absolute Gasteiger partial charge is 0.328 e. The van der Waals surface area contributed by atoms with E-state index in [1.165, 1.54) is 13.0 Å². The van der Waals surface area contributed by atoms with Crippen molar-refractivity contribution in [1.82, 2.24) is 0 Å². The zero-order chi connectivity index (χ0) is 15.5. The fourth-order valence-corrected chi connectivity index (χ4v) is 1.69. The van der Waals surface area contributed by atoms with E-state index in [1.54, 1.807) is 12.1 Å². The summed E-state index contributed by atoms with van der Waals surface area (Å²) in [4.78, 5) is 21.1. The van der Waals surface area contributed by atoms with Gasteiger partial charge in [0.15, 0.2) is 0 Å². The minimum atomic E-state index is -0.990. The molecule has 1 aromatic carbocycles. The number of para-hydroxylation sites is 1. The number of benzene rings is 1. The molecule has 0 saturated heterocycles. The van der Waals surface area contributed by atoms with Gasteiger partial charge in [-0.05, 0) is 31.4 Å². The third-order valence-electron chi connectivity index (χ3n) is 2.68. The Morgan fingerprint density at radius 3 is 2.57 bits per heavy atom. The number of carboxylic acids is 1. The van der Waals surface area contributed by atoms with Crippen LogP contribution in [0.1, 0.15) is 31.7 Å². The third-order valence-corrected chi connectivity index (χ3v) is 2.68. The van der Waals surface area contributed by atoms with Gasteiger partial charge >= 0.3 is 11.9 Å². The van der Waals surface area contributed by atoms with Gasteiger partial charge in [0.2, 0.25) is 0 Å². The summed E-state index contributed by atoms with van der Waals surface area (Å²) in [7, 11) is 0. The van der Waals surface area contributed by atoms with E-state index >= 15 is 0 Å². The monoisotopic (exact) mass is 292 g/mol. The lowest BCUT2D eigenvalue weighted by Crippen LogP contribution is -2.02. The molecule has 0 saturated carbocycles. The molecule has 0 spiro atoms. The van der Waals surface area contributed by atoms with E-state index in [1.807, 2.05) is 12.1 Å². The standard InChI is InChI=1S/C16H20O5/c1-13(17)20-11-5-2-6-12-21-15-8-4-3-7-14(15)9-10-16(18)19/h3-4,7-10H,2,5-6,11-12H2,1H3,(H,18,19)/b10-9+. The Balaban J connectivity index is 2.32. The molecule has 114 valence electrons. The number of unbranched alkanes of at least 4 members (excludes halogenated alkanes) is 2. The Labute approximate surface area is 124 Å². The molecule has 0 aliphatic carbocycles. The zero-order valence-corrected chi connectivity index (χ0v) is 12.1. The molecule has 0 radical (unpaired) electrons. The van der Waals surface area contributed by atoms with Gasteiger partial charge in [-0.1, -0.05) is 18.2 Å². The topological polar surface area (TPSA) is 72.8 Å². The van der Waals surface area contributed by atoms with Crippen LogP contribution < -0.4 is 4.74 Å². The van der Waals surface area contributed by atoms with Gasteiger partial charge in [0.25, 0.3) is 0 Å². The van der Waals surface area contributed by atoms with Crippen molar-refractivity contribution in [2.75, 3.05) is 13.2 Å². The first-order valence-electron chi connectivity index (χ1n) is 6.86. The SMILES string of the molecule is CC(=O)OCCCCCOc1ccccc1/C=C/C(=O)O. The number of carbonyl (C=O) groups excluding carboxylic acids is 1. The van der Waals surface area contributed by atoms with Crippen LogP contribution in [0.15, 0.2) is 30.3 Å². The number of hydrogen-bond donors (Lipinski definition) is 1. The Morgan fingerprint density at radius 1 is 1.14 bits per heavy atom. The van der Waals surface area contributed by atoms with Crippen LogP contribution in [0.25, 0.3) is 6.08 Å². The van der Waals surface area contributed by atoms with Crippen LogP contribution in [0.5, 0.6) is 5.75 Å². The molecule has 0 unspecified atom stereocenters. The first-order valence-corrected chi connectivity index (χ1v) is 6.86. The molecule has 1 aromatic rings. The summed E-state index contributed by atoms with van der Waals surface area (Å²) in [5, 5.41) is 8.64. The van der Waals surface area contributed by atoms with Crippen molar-refractivity contribution in [2.45, 2.75) is 26.2 Å². The Kier molecular flexibility index (Phi) is 7.64. The number of esters is 1. The highest BCUT2D eigenvalue weighted by molar-refractivity contribution is 5.85. The summed E-state index contributed by atoms with van der Waals surface area (Å²) in [5.74, 6) is -0.587. The number of carboxylic acid groups (broad SMARTS) is 1. The van der Waals surface area contributed by atoms with E-state index in [2.05, 4.69) is 0 Å². The molecule has 0 atom stereocenters. The summed E-state index contributed by atoms with van der Waals surface area (Å²) < 4.78 is 10.5. The van der Waals surface area contributed by atoms with Crippen molar-refractivity contribution in [1.29, 1.82) is 0 Å². The van der Waals surface area contributed by atoms with E-state index in [0.717, 1.165) is 30.9 Å². The number of hydrogen-bond acceptors (Lipinski definition) is 4. The van der Waals surface area contributed by atoms with Crippen LogP contribution in [0.2, 0.25) is 0 Å². The molecular formula is C16H20O5. The molecular weight excluding hydrogens is 272 g/mol. The normalized spacial score (nSPS) is 10.5. The van der Waals surface area contributed by atoms with Crippen LogP contribution in [0, 0.1) is 0 Å². The fraction of sp³-hybridized carbons (Fsp3) is 0.375. The Bertz CT molecular complexity index is 493. The highest BCUT2D eigenvalue weighted by atomic mass is 16.5. The number of carbonyl (C=O) groups is 2. The molecule has 0 aromatic heterocycles. The number of rotatable bonds is 9. The molecule has 5 nitrogen and oxygen atoms in total. The predicted octanol–water partition coefficient (Wildman–Crippen LogP) is 2.90. The van der Waals surface area contributed by atoms with E-state index < -0.39 is 5.97 Å². The van der Waals surface area contributed by atoms with Crippen LogP contribution in [-0.4, -0.2) is 30.3 Å². The summed E-state index contributed by atoms with van der Waals surface area (Å²) in [6, 6.07) is 7.28. The van der Waals surface area contributed by atoms with Crippen molar-refractivity contribution in [2.24, 2.45) is 0 Å². The zero-order valence-electron chi connectivity index (χ0n) is 12.1. The Hall–Kier alpha value is -2.30. The summed E-state index contributed by atoms with van der Waals surface area (Å²) in [6.45, 7) is 2.37. The van der Waals surface area contributed by atoms with E-state index in [0.29, 0.717) is 19.0 Å². The number of aliphatic carboxylic acids is 1. The average Bonchev–Trinajstić information content (AvgIpc) is 2.44. The van der Waals surface area contributed by atoms with Gasteiger partial charge in [0, 0.05) is 18.6 Å². The van der Waals surface area contributed by atoms with Gasteiger partial charge < -0.3 is 14.6 Å². The lowest BCUT2D eigenvalue weighted by Gasteiger charge is -2.09. The van der Waals surface area contributed by atoms with Crippen LogP contribution >= 0.6 is 0 Å². The van der Waals surface area contributed by atoms with Gasteiger partial charge in [0.1, 0.15) is 5.75 Å². The predicted molar refractivity (Wildman–Crippen MR) is 79.1 cm³/mol. The molecule has 0 aliphatic heterocycles. The molecule has 0 fully saturated rings. The molecule has 0 amide bonds. The van der Waals surface area contributed by atoms with Crippen molar-refractivity contribution in [3.63, 3.8) is 0 Å². The van der Waals surface area contributed by atoms with Crippen LogP contribution in [-0.2, 0) is 14.3 Å². The second kappa shape index (κ2) is 9.58. The number of ether oxygens (including phenoxy) is 2. The molecule has 1 N–H and O–H groups in total. The van der Waals surface area contributed by atoms with Crippen molar-refractivity contribution in [3.05, 3.63) is 35.9 Å². The van der Waals surface area contributed by atoms with E-state index in [4.69, 9.17) is 14.6 Å². The Morgan fingerprint density at radius 2 is 1.86 bits per heavy atom. The van der Waals surface area contributed by atoms with Gasteiger partial charge in [-0.15, -0.1) is 0 Å². The van der Waals surface area contributed by atoms with Gasteiger partial charge in [-0.3, -0.25) is 4.79 Å². The molecule has 21 heavy (non-hydrogen) atoms. The maximum absolute atomic E-state index is 10.6. The summed E-state index contributed by atoms with van der Waals surface area (Å²) >= 11 is 0. The molecule has 0 bridgehead atoms. The van der Waals surface area contributed by atoms with Gasteiger partial charge in [-0.2, -0.15) is 0 Å². The molecule has 0 aliphatic rings. The second-order valence-corrected chi connectivity index (χ2v) is 4.46. The average molecular weight is 292 g/mol. The fourth-order valence-electron chi connectivity index (χ4n) is 1.69. The van der Waals surface area contributed by atoms with Gasteiger partial charge in [-0.25, -0.2) is 4.79 Å². The lowest BCUT2D eigenvalue weighted by molar-refractivity contribution is -0.141. The maximum Gasteiger partial charge on any atom is 0.328 e.